The summed E-state index contributed by atoms with van der Waals surface area (Å²) >= 11 is 0. The Hall–Kier alpha value is -1.56. The molecule has 0 spiro atoms. The van der Waals surface area contributed by atoms with Crippen molar-refractivity contribution in [3.05, 3.63) is 59.7 Å². The molecule has 0 saturated carbocycles. The van der Waals surface area contributed by atoms with Crippen LogP contribution in [0.3, 0.4) is 0 Å². The van der Waals surface area contributed by atoms with Crippen LogP contribution in [0.15, 0.2) is 58.5 Å². The number of hydrogen-bond donors (Lipinski definition) is 0. The van der Waals surface area contributed by atoms with Gasteiger partial charge in [0.2, 0.25) is 0 Å². The van der Waals surface area contributed by atoms with Crippen LogP contribution in [0.5, 0.6) is 0 Å². The Kier molecular flexibility index (Phi) is 11.9. The van der Waals surface area contributed by atoms with Crippen LogP contribution in [0.4, 0.5) is 11.4 Å². The van der Waals surface area contributed by atoms with E-state index in [0.717, 1.165) is 29.2 Å². The van der Waals surface area contributed by atoms with Gasteiger partial charge in [0.15, 0.2) is 0 Å². The molecule has 0 saturated heterocycles. The molecular formula is C25H34N2Pd. The number of benzene rings is 2. The van der Waals surface area contributed by atoms with Gasteiger partial charge in [0.1, 0.15) is 0 Å². The van der Waals surface area contributed by atoms with Gasteiger partial charge in [0.25, 0.3) is 0 Å². The third kappa shape index (κ3) is 9.09. The number of unbranched alkanes of at least 4 members (excludes halogenated alkanes) is 5. The van der Waals surface area contributed by atoms with Crippen molar-refractivity contribution in [2.24, 2.45) is 9.98 Å². The number of aryl methyl sites for hydroxylation is 2. The van der Waals surface area contributed by atoms with Crippen LogP contribution < -0.4 is 0 Å². The van der Waals surface area contributed by atoms with Crippen molar-refractivity contribution in [1.82, 2.24) is 0 Å². The first kappa shape index (κ1) is 24.5. The smallest absolute Gasteiger partial charge is 0.0638 e. The van der Waals surface area contributed by atoms with Gasteiger partial charge in [-0.1, -0.05) is 63.3 Å². The van der Waals surface area contributed by atoms with E-state index >= 15 is 0 Å². The molecule has 0 unspecified atom stereocenters. The number of hydrogen-bond acceptors (Lipinski definition) is 2. The summed E-state index contributed by atoms with van der Waals surface area (Å²) in [6, 6.07) is 16.7. The fourth-order valence-corrected chi connectivity index (χ4v) is 3.32. The zero-order valence-corrected chi connectivity index (χ0v) is 19.3. The molecule has 0 amide bonds. The van der Waals surface area contributed by atoms with Crippen molar-refractivity contribution in [3.8, 4) is 0 Å². The molecule has 0 heterocycles. The Labute approximate surface area is 185 Å². The van der Waals surface area contributed by atoms with Gasteiger partial charge >= 0.3 is 0 Å². The van der Waals surface area contributed by atoms with Crippen LogP contribution in [0.2, 0.25) is 0 Å². The zero-order chi connectivity index (χ0) is 19.5. The zero-order valence-electron chi connectivity index (χ0n) is 17.8. The Bertz CT molecular complexity index is 743. The van der Waals surface area contributed by atoms with Gasteiger partial charge in [0, 0.05) is 20.4 Å². The first-order valence-corrected chi connectivity index (χ1v) is 10.3. The van der Waals surface area contributed by atoms with E-state index in [4.69, 9.17) is 9.98 Å². The minimum Gasteiger partial charge on any atom is -0.252 e. The maximum Gasteiger partial charge on any atom is 0.0638 e. The molecule has 0 aliphatic carbocycles. The fourth-order valence-electron chi connectivity index (χ4n) is 3.32. The number of para-hydroxylation sites is 1. The van der Waals surface area contributed by atoms with Crippen LogP contribution in [-0.4, -0.2) is 11.4 Å². The van der Waals surface area contributed by atoms with Gasteiger partial charge in [0.05, 0.1) is 22.8 Å². The van der Waals surface area contributed by atoms with Crippen LogP contribution in [0.25, 0.3) is 0 Å². The van der Waals surface area contributed by atoms with Crippen LogP contribution in [-0.2, 0) is 20.4 Å². The van der Waals surface area contributed by atoms with Crippen LogP contribution in [0.1, 0.15) is 69.9 Å². The molecule has 2 nitrogen and oxygen atoms in total. The van der Waals surface area contributed by atoms with Crippen LogP contribution >= 0.6 is 0 Å². The Morgan fingerprint density at radius 1 is 0.750 bits per heavy atom. The van der Waals surface area contributed by atoms with E-state index in [0.29, 0.717) is 0 Å². The van der Waals surface area contributed by atoms with Gasteiger partial charge in [-0.3, -0.25) is 9.98 Å². The molecule has 3 heteroatoms. The summed E-state index contributed by atoms with van der Waals surface area (Å²) in [6.07, 6.45) is 8.73. The predicted octanol–water partition coefficient (Wildman–Crippen LogP) is 7.92. The molecule has 28 heavy (non-hydrogen) atoms. The van der Waals surface area contributed by atoms with Gasteiger partial charge in [-0.25, -0.2) is 0 Å². The molecule has 0 aliphatic heterocycles. The van der Waals surface area contributed by atoms with Crippen LogP contribution in [0, 0.1) is 13.8 Å². The number of aliphatic imine (C=N–C) groups is 2. The second-order valence-electron chi connectivity index (χ2n) is 7.45. The van der Waals surface area contributed by atoms with Crippen molar-refractivity contribution < 1.29 is 20.4 Å². The van der Waals surface area contributed by atoms with Crippen molar-refractivity contribution in [1.29, 1.82) is 0 Å². The molecule has 2 aromatic carbocycles. The molecule has 0 aliphatic rings. The van der Waals surface area contributed by atoms with E-state index in [9.17, 15) is 0 Å². The molecule has 0 fully saturated rings. The minimum absolute atomic E-state index is 0. The molecule has 2 rings (SSSR count). The third-order valence-electron chi connectivity index (χ3n) is 4.71. The normalized spacial score (nSPS) is 12.0. The molecular weight excluding hydrogens is 435 g/mol. The standard InChI is InChI=1S/C25H34N2.Pd/c1-5-6-7-8-9-13-16-25(27-23-14-11-10-12-15-23)22(4)26-24-18-20(2)17-21(3)19-24;/h10-12,14-15,17-19H,5-9,13,16H2,1-4H3;. The Balaban J connectivity index is 0.00000392. The van der Waals surface area contributed by atoms with Crippen molar-refractivity contribution in [2.75, 3.05) is 0 Å². The minimum atomic E-state index is 0. The average Bonchev–Trinajstić information content (AvgIpc) is 2.63. The summed E-state index contributed by atoms with van der Waals surface area (Å²) in [6.45, 7) is 8.60. The second-order valence-corrected chi connectivity index (χ2v) is 7.45. The summed E-state index contributed by atoms with van der Waals surface area (Å²) < 4.78 is 0. The van der Waals surface area contributed by atoms with E-state index in [1.807, 2.05) is 18.2 Å². The van der Waals surface area contributed by atoms with Crippen molar-refractivity contribution in [3.63, 3.8) is 0 Å². The average molecular weight is 469 g/mol. The predicted molar refractivity (Wildman–Crippen MR) is 120 cm³/mol. The number of rotatable bonds is 10. The molecule has 0 aromatic heterocycles. The molecule has 154 valence electrons. The van der Waals surface area contributed by atoms with Gasteiger partial charge in [-0.2, -0.15) is 0 Å². The van der Waals surface area contributed by atoms with E-state index < -0.39 is 0 Å². The fraction of sp³-hybridized carbons (Fsp3) is 0.440. The van der Waals surface area contributed by atoms with Gasteiger partial charge < -0.3 is 0 Å². The molecule has 0 bridgehead atoms. The maximum atomic E-state index is 4.92. The van der Waals surface area contributed by atoms with E-state index in [1.54, 1.807) is 0 Å². The quantitative estimate of drug-likeness (QED) is 0.192. The monoisotopic (exact) mass is 468 g/mol. The number of nitrogens with zero attached hydrogens (tertiary/aromatic N) is 2. The maximum absolute atomic E-state index is 4.92. The van der Waals surface area contributed by atoms with Crippen molar-refractivity contribution >= 4 is 22.8 Å². The van der Waals surface area contributed by atoms with Gasteiger partial charge in [-0.05, 0) is 69.0 Å². The molecule has 0 radical (unpaired) electrons. The first-order valence-electron chi connectivity index (χ1n) is 10.3. The largest absolute Gasteiger partial charge is 0.252 e. The summed E-state index contributed by atoms with van der Waals surface area (Å²) in [7, 11) is 0. The summed E-state index contributed by atoms with van der Waals surface area (Å²) in [5.74, 6) is 0. The van der Waals surface area contributed by atoms with Gasteiger partial charge in [-0.15, -0.1) is 0 Å². The first-order chi connectivity index (χ1) is 13.1. The topological polar surface area (TPSA) is 24.7 Å². The Morgan fingerprint density at radius 3 is 2.00 bits per heavy atom. The second kappa shape index (κ2) is 13.6. The summed E-state index contributed by atoms with van der Waals surface area (Å²) in [4.78, 5) is 9.81. The molecule has 0 N–H and O–H groups in total. The molecule has 2 aromatic rings. The summed E-state index contributed by atoms with van der Waals surface area (Å²) in [5.41, 5.74) is 6.66. The van der Waals surface area contributed by atoms with E-state index in [1.165, 1.54) is 49.7 Å². The summed E-state index contributed by atoms with van der Waals surface area (Å²) in [5, 5.41) is 0. The Morgan fingerprint density at radius 2 is 1.36 bits per heavy atom. The third-order valence-corrected chi connectivity index (χ3v) is 4.71. The van der Waals surface area contributed by atoms with E-state index in [-0.39, 0.29) is 20.4 Å². The van der Waals surface area contributed by atoms with Crippen molar-refractivity contribution in [2.45, 2.75) is 72.6 Å². The van der Waals surface area contributed by atoms with E-state index in [2.05, 4.69) is 58.0 Å². The molecule has 0 atom stereocenters. The SMILES string of the molecule is CCCCCCCCC(=Nc1ccccc1)C(C)=Nc1cc(C)cc(C)c1.[Pd].